The number of non-ortho nitro benzene ring substituents is 1. The Hall–Kier alpha value is -2.60. The molecule has 7 heteroatoms. The van der Waals surface area contributed by atoms with Crippen molar-refractivity contribution in [3.8, 4) is 5.75 Å². The van der Waals surface area contributed by atoms with Gasteiger partial charge >= 0.3 is 0 Å². The predicted molar refractivity (Wildman–Crippen MR) is 78.7 cm³/mol. The van der Waals surface area contributed by atoms with E-state index >= 15 is 0 Å². The highest BCUT2D eigenvalue weighted by Crippen LogP contribution is 2.17. The summed E-state index contributed by atoms with van der Waals surface area (Å²) in [5.74, 6) is 0.0440. The lowest BCUT2D eigenvalue weighted by molar-refractivity contribution is -0.384. The van der Waals surface area contributed by atoms with Crippen molar-refractivity contribution in [2.24, 2.45) is 0 Å². The summed E-state index contributed by atoms with van der Waals surface area (Å²) in [6, 6.07) is 12.2. The summed E-state index contributed by atoms with van der Waals surface area (Å²) in [6.45, 7) is -0.194. The molecule has 21 heavy (non-hydrogen) atoms. The van der Waals surface area contributed by atoms with Gasteiger partial charge in [0.05, 0.1) is 4.92 Å². The number of rotatable bonds is 5. The number of hydrogen-bond donors (Lipinski definition) is 1. The molecule has 0 saturated carbocycles. The van der Waals surface area contributed by atoms with Crippen molar-refractivity contribution in [2.75, 3.05) is 11.9 Å². The monoisotopic (exact) mass is 306 g/mol. The van der Waals surface area contributed by atoms with Gasteiger partial charge in [0.2, 0.25) is 0 Å². The summed E-state index contributed by atoms with van der Waals surface area (Å²) in [4.78, 5) is 21.7. The number of ether oxygens (including phenoxy) is 1. The van der Waals surface area contributed by atoms with Crippen molar-refractivity contribution in [2.45, 2.75) is 0 Å². The Morgan fingerprint density at radius 3 is 2.33 bits per heavy atom. The van der Waals surface area contributed by atoms with Gasteiger partial charge in [-0.2, -0.15) is 0 Å². The van der Waals surface area contributed by atoms with Gasteiger partial charge in [-0.25, -0.2) is 0 Å². The minimum Gasteiger partial charge on any atom is -0.484 e. The fraction of sp³-hybridized carbons (Fsp3) is 0.0714. The molecule has 0 fully saturated rings. The van der Waals surface area contributed by atoms with E-state index in [0.717, 1.165) is 0 Å². The molecule has 0 heterocycles. The van der Waals surface area contributed by atoms with Crippen molar-refractivity contribution in [1.82, 2.24) is 0 Å². The first kappa shape index (κ1) is 14.8. The fourth-order valence-electron chi connectivity index (χ4n) is 1.54. The van der Waals surface area contributed by atoms with Crippen LogP contribution in [0.25, 0.3) is 0 Å². The maximum absolute atomic E-state index is 11.7. The van der Waals surface area contributed by atoms with Gasteiger partial charge in [0.1, 0.15) is 5.75 Å². The maximum atomic E-state index is 11.7. The summed E-state index contributed by atoms with van der Waals surface area (Å²) in [5, 5.41) is 13.7. The number of amides is 1. The Kier molecular flexibility index (Phi) is 4.73. The van der Waals surface area contributed by atoms with Gasteiger partial charge in [0, 0.05) is 22.8 Å². The van der Waals surface area contributed by atoms with Crippen molar-refractivity contribution >= 4 is 28.9 Å². The van der Waals surface area contributed by atoms with Crippen LogP contribution in [0.2, 0.25) is 5.02 Å². The molecule has 0 aliphatic heterocycles. The summed E-state index contributed by atoms with van der Waals surface area (Å²) in [6.07, 6.45) is 0. The van der Waals surface area contributed by atoms with Crippen LogP contribution < -0.4 is 10.1 Å². The third kappa shape index (κ3) is 4.47. The molecule has 6 nitrogen and oxygen atoms in total. The topological polar surface area (TPSA) is 81.5 Å². The standard InChI is InChI=1S/C14H11ClN2O4/c15-10-1-3-11(4-2-10)16-14(18)9-21-13-7-5-12(6-8-13)17(19)20/h1-8H,9H2,(H,16,18). The SMILES string of the molecule is O=C(COc1ccc([N+](=O)[O-])cc1)Nc1ccc(Cl)cc1. The number of benzene rings is 2. The molecule has 1 N–H and O–H groups in total. The van der Waals surface area contributed by atoms with Crippen molar-refractivity contribution in [3.05, 3.63) is 63.7 Å². The third-order valence-electron chi connectivity index (χ3n) is 2.55. The second-order valence-electron chi connectivity index (χ2n) is 4.09. The van der Waals surface area contributed by atoms with Crippen molar-refractivity contribution in [3.63, 3.8) is 0 Å². The number of nitro groups is 1. The quantitative estimate of drug-likeness (QED) is 0.679. The van der Waals surface area contributed by atoms with Crippen LogP contribution in [0, 0.1) is 10.1 Å². The molecule has 0 aliphatic carbocycles. The Morgan fingerprint density at radius 2 is 1.76 bits per heavy atom. The number of carbonyl (C=O) groups is 1. The molecule has 1 amide bonds. The number of hydrogen-bond acceptors (Lipinski definition) is 4. The highest BCUT2D eigenvalue weighted by atomic mass is 35.5. The number of anilines is 1. The zero-order valence-electron chi connectivity index (χ0n) is 10.8. The molecule has 0 aliphatic rings. The molecule has 0 radical (unpaired) electrons. The van der Waals surface area contributed by atoms with Crippen LogP contribution in [0.15, 0.2) is 48.5 Å². The molecule has 0 spiro atoms. The molecule has 0 saturated heterocycles. The second-order valence-corrected chi connectivity index (χ2v) is 4.53. The second kappa shape index (κ2) is 6.71. The van der Waals surface area contributed by atoms with E-state index in [4.69, 9.17) is 16.3 Å². The maximum Gasteiger partial charge on any atom is 0.269 e. The average molecular weight is 307 g/mol. The molecule has 0 unspecified atom stereocenters. The summed E-state index contributed by atoms with van der Waals surface area (Å²) in [7, 11) is 0. The van der Waals surface area contributed by atoms with E-state index in [1.54, 1.807) is 24.3 Å². The van der Waals surface area contributed by atoms with Crippen LogP contribution >= 0.6 is 11.6 Å². The highest BCUT2D eigenvalue weighted by Gasteiger charge is 2.07. The normalized spacial score (nSPS) is 9.95. The number of nitrogens with zero attached hydrogens (tertiary/aromatic N) is 1. The first-order valence-electron chi connectivity index (χ1n) is 5.97. The Bertz CT molecular complexity index is 641. The number of carbonyl (C=O) groups excluding carboxylic acids is 1. The minimum atomic E-state index is -0.503. The van der Waals surface area contributed by atoms with E-state index < -0.39 is 4.92 Å². The third-order valence-corrected chi connectivity index (χ3v) is 2.80. The van der Waals surface area contributed by atoms with Crippen LogP contribution in [0.1, 0.15) is 0 Å². The first-order chi connectivity index (χ1) is 10.0. The molecular formula is C14H11ClN2O4. The molecular weight excluding hydrogens is 296 g/mol. The van der Waals surface area contributed by atoms with Crippen LogP contribution in [0.3, 0.4) is 0 Å². The Morgan fingerprint density at radius 1 is 1.14 bits per heavy atom. The molecule has 0 atom stereocenters. The Labute approximate surface area is 125 Å². The zero-order chi connectivity index (χ0) is 15.2. The van der Waals surface area contributed by atoms with Crippen LogP contribution in [0.4, 0.5) is 11.4 Å². The van der Waals surface area contributed by atoms with Gasteiger partial charge in [0.25, 0.3) is 11.6 Å². The molecule has 2 aromatic rings. The Balaban J connectivity index is 1.86. The molecule has 108 valence electrons. The van der Waals surface area contributed by atoms with E-state index in [2.05, 4.69) is 5.32 Å². The van der Waals surface area contributed by atoms with Crippen LogP contribution in [0.5, 0.6) is 5.75 Å². The first-order valence-corrected chi connectivity index (χ1v) is 6.35. The van der Waals surface area contributed by atoms with E-state index in [9.17, 15) is 14.9 Å². The van der Waals surface area contributed by atoms with Gasteiger partial charge < -0.3 is 10.1 Å². The van der Waals surface area contributed by atoms with Gasteiger partial charge in [-0.05, 0) is 36.4 Å². The summed E-state index contributed by atoms with van der Waals surface area (Å²) >= 11 is 5.74. The predicted octanol–water partition coefficient (Wildman–Crippen LogP) is 3.27. The van der Waals surface area contributed by atoms with E-state index in [1.807, 2.05) is 0 Å². The summed E-state index contributed by atoms with van der Waals surface area (Å²) < 4.78 is 5.24. The van der Waals surface area contributed by atoms with Crippen LogP contribution in [-0.2, 0) is 4.79 Å². The van der Waals surface area contributed by atoms with Crippen molar-refractivity contribution in [1.29, 1.82) is 0 Å². The van der Waals surface area contributed by atoms with Gasteiger partial charge in [-0.15, -0.1) is 0 Å². The lowest BCUT2D eigenvalue weighted by Crippen LogP contribution is -2.20. The highest BCUT2D eigenvalue weighted by molar-refractivity contribution is 6.30. The zero-order valence-corrected chi connectivity index (χ0v) is 11.5. The van der Waals surface area contributed by atoms with Gasteiger partial charge in [-0.3, -0.25) is 14.9 Å². The van der Waals surface area contributed by atoms with Gasteiger partial charge in [-0.1, -0.05) is 11.6 Å². The number of nitrogens with one attached hydrogen (secondary N) is 1. The summed E-state index contributed by atoms with van der Waals surface area (Å²) in [5.41, 5.74) is 0.574. The van der Waals surface area contributed by atoms with Crippen molar-refractivity contribution < 1.29 is 14.5 Å². The van der Waals surface area contributed by atoms with E-state index in [1.165, 1.54) is 24.3 Å². The minimum absolute atomic E-state index is 0.0343. The molecule has 0 aromatic heterocycles. The molecule has 2 aromatic carbocycles. The number of halogens is 1. The lowest BCUT2D eigenvalue weighted by Gasteiger charge is -2.07. The molecule has 2 rings (SSSR count). The smallest absolute Gasteiger partial charge is 0.269 e. The van der Waals surface area contributed by atoms with Gasteiger partial charge in [0.15, 0.2) is 6.61 Å². The van der Waals surface area contributed by atoms with Crippen LogP contribution in [-0.4, -0.2) is 17.4 Å². The largest absolute Gasteiger partial charge is 0.484 e. The lowest BCUT2D eigenvalue weighted by atomic mass is 10.3. The van der Waals surface area contributed by atoms with E-state index in [-0.39, 0.29) is 18.2 Å². The fourth-order valence-corrected chi connectivity index (χ4v) is 1.67. The number of nitro benzene ring substituents is 1. The molecule has 0 bridgehead atoms. The average Bonchev–Trinajstić information content (AvgIpc) is 2.48. The van der Waals surface area contributed by atoms with E-state index in [0.29, 0.717) is 16.5 Å².